The minimum atomic E-state index is -4.43. The molecule has 3 aliphatic rings. The summed E-state index contributed by atoms with van der Waals surface area (Å²) >= 11 is 1.33. The van der Waals surface area contributed by atoms with Crippen molar-refractivity contribution in [2.24, 2.45) is 0 Å². The molecule has 50 heavy (non-hydrogen) atoms. The first-order valence-electron chi connectivity index (χ1n) is 16.4. The molecule has 2 saturated heterocycles. The van der Waals surface area contributed by atoms with Gasteiger partial charge < -0.3 is 24.0 Å². The number of hydrogen-bond donors (Lipinski definition) is 0. The number of thiophene rings is 1. The van der Waals surface area contributed by atoms with Crippen molar-refractivity contribution in [2.75, 3.05) is 57.7 Å². The lowest BCUT2D eigenvalue weighted by Crippen LogP contribution is -2.55. The number of rotatable bonds is 8. The van der Waals surface area contributed by atoms with Gasteiger partial charge in [0.05, 0.1) is 24.5 Å². The van der Waals surface area contributed by atoms with Crippen LogP contribution in [0, 0.1) is 13.8 Å². The van der Waals surface area contributed by atoms with Gasteiger partial charge in [0.25, 0.3) is 15.9 Å². The van der Waals surface area contributed by atoms with Gasteiger partial charge in [0, 0.05) is 47.5 Å². The Hall–Kier alpha value is -3.07. The van der Waals surface area contributed by atoms with Gasteiger partial charge in [0.1, 0.15) is 16.4 Å². The van der Waals surface area contributed by atoms with Crippen LogP contribution in [0.3, 0.4) is 0 Å². The minimum absolute atomic E-state index is 0. The zero-order valence-electron chi connectivity index (χ0n) is 29.2. The van der Waals surface area contributed by atoms with Crippen molar-refractivity contribution in [1.29, 1.82) is 0 Å². The second kappa shape index (κ2) is 15.7. The van der Waals surface area contributed by atoms with Crippen molar-refractivity contribution in [3.8, 4) is 11.5 Å². The summed E-state index contributed by atoms with van der Waals surface area (Å²) in [6.07, 6.45) is 1.17. The molecule has 0 N–H and O–H groups in total. The molecule has 0 radical (unpaired) electrons. The molecule has 6 rings (SSSR count). The van der Waals surface area contributed by atoms with Crippen molar-refractivity contribution in [3.05, 3.63) is 69.4 Å². The maximum atomic E-state index is 15.1. The highest BCUT2D eigenvalue weighted by atomic mass is 35.5. The molecule has 0 saturated carbocycles. The first-order valence-corrected chi connectivity index (χ1v) is 18.6. The number of aryl methyl sites for hydroxylation is 2. The van der Waals surface area contributed by atoms with Gasteiger partial charge in [0.15, 0.2) is 0 Å². The zero-order chi connectivity index (χ0) is 34.4. The number of carbonyl (C=O) groups is 2. The smallest absolute Gasteiger partial charge is 0.411 e. The number of piperazine rings is 1. The van der Waals surface area contributed by atoms with Crippen LogP contribution in [0.1, 0.15) is 47.6 Å². The van der Waals surface area contributed by atoms with Crippen LogP contribution in [0.4, 0.5) is 10.5 Å². The maximum Gasteiger partial charge on any atom is 0.411 e. The van der Waals surface area contributed by atoms with E-state index in [1.165, 1.54) is 24.5 Å². The molecule has 11 nitrogen and oxygen atoms in total. The largest absolute Gasteiger partial charge is 0.497 e. The predicted octanol–water partition coefficient (Wildman–Crippen LogP) is 5.83. The lowest BCUT2D eigenvalue weighted by Gasteiger charge is -2.42. The molecule has 3 aromatic rings. The number of halogens is 2. The Bertz CT molecular complexity index is 1810. The van der Waals surface area contributed by atoms with E-state index in [4.69, 9.17) is 14.2 Å². The molecule has 2 fully saturated rings. The summed E-state index contributed by atoms with van der Waals surface area (Å²) in [4.78, 5) is 37.1. The van der Waals surface area contributed by atoms with Gasteiger partial charge >= 0.3 is 6.09 Å². The van der Waals surface area contributed by atoms with Crippen LogP contribution in [0.25, 0.3) is 0 Å². The van der Waals surface area contributed by atoms with Gasteiger partial charge in [-0.3, -0.25) is 9.69 Å². The third kappa shape index (κ3) is 7.18. The third-order valence-electron chi connectivity index (χ3n) is 9.45. The summed E-state index contributed by atoms with van der Waals surface area (Å²) in [5, 5.41) is 0. The fourth-order valence-corrected chi connectivity index (χ4v) is 10.0. The molecule has 2 aromatic carbocycles. The molecule has 0 spiro atoms. The van der Waals surface area contributed by atoms with Gasteiger partial charge in [-0.2, -0.15) is 4.31 Å². The quantitative estimate of drug-likeness (QED) is 0.280. The number of para-hydroxylation sites is 1. The van der Waals surface area contributed by atoms with Crippen LogP contribution >= 0.6 is 36.2 Å². The molecule has 2 amide bonds. The van der Waals surface area contributed by atoms with Crippen LogP contribution in [0.15, 0.2) is 53.4 Å². The fraction of sp³-hybridized carbons (Fsp3) is 0.486. The predicted molar refractivity (Wildman–Crippen MR) is 199 cm³/mol. The Labute approximate surface area is 311 Å². The van der Waals surface area contributed by atoms with Crippen LogP contribution < -0.4 is 13.8 Å². The van der Waals surface area contributed by atoms with E-state index in [0.29, 0.717) is 48.6 Å². The Morgan fingerprint density at radius 2 is 1.60 bits per heavy atom. The number of sulfonamides is 1. The highest BCUT2D eigenvalue weighted by Crippen LogP contribution is 2.53. The lowest BCUT2D eigenvalue weighted by atomic mass is 9.86. The zero-order valence-corrected chi connectivity index (χ0v) is 32.5. The van der Waals surface area contributed by atoms with Crippen LogP contribution in [-0.2, 0) is 25.2 Å². The summed E-state index contributed by atoms with van der Waals surface area (Å²) in [5.74, 6) is -0.249. The fourth-order valence-electron chi connectivity index (χ4n) is 7.02. The van der Waals surface area contributed by atoms with E-state index in [0.717, 1.165) is 35.1 Å². The Morgan fingerprint density at radius 3 is 2.20 bits per heavy atom. The maximum absolute atomic E-state index is 15.1. The second-order valence-electron chi connectivity index (χ2n) is 13.0. The van der Waals surface area contributed by atoms with Gasteiger partial charge in [0.2, 0.25) is 5.60 Å². The number of methoxy groups -OCH3 is 1. The number of carbonyl (C=O) groups excluding carboxylic acids is 2. The number of amides is 2. The molecular formula is C35H46Cl2N4O7S2. The van der Waals surface area contributed by atoms with Crippen LogP contribution in [-0.4, -0.2) is 101 Å². The van der Waals surface area contributed by atoms with Gasteiger partial charge in [-0.25, -0.2) is 13.2 Å². The Balaban J connectivity index is 0.00000281. The number of fused-ring (bicyclic) bond motifs is 1. The first-order chi connectivity index (χ1) is 22.9. The Morgan fingerprint density at radius 1 is 0.940 bits per heavy atom. The van der Waals surface area contributed by atoms with Gasteiger partial charge in [-0.15, -0.1) is 36.2 Å². The van der Waals surface area contributed by atoms with E-state index >= 15 is 4.79 Å². The standard InChI is InChI=1S/C35H44N4O7S2.2ClH/c1-23(2)45-31-10-8-7-9-28(31)35(46-34(41)38-19-17-37(18-20-38)26-13-15-36(5)16-14-26)29-22-27(44-6)11-12-30(29)39(33(35)40)48(42,43)32-21-24(3)47-25(32)4;;/h7-12,21-23,26H,13-20H2,1-6H3;2*1H. The average Bonchev–Trinajstić information content (AvgIpc) is 3.54. The van der Waals surface area contributed by atoms with E-state index in [1.54, 1.807) is 54.3 Å². The summed E-state index contributed by atoms with van der Waals surface area (Å²) in [6, 6.07) is 13.6. The Kier molecular flexibility index (Phi) is 12.4. The van der Waals surface area contributed by atoms with Crippen LogP contribution in [0.2, 0.25) is 0 Å². The minimum Gasteiger partial charge on any atom is -0.497 e. The summed E-state index contributed by atoms with van der Waals surface area (Å²) < 4.78 is 47.9. The molecule has 1 unspecified atom stereocenters. The van der Waals surface area contributed by atoms with Crippen molar-refractivity contribution in [2.45, 2.75) is 63.2 Å². The molecule has 0 bridgehead atoms. The van der Waals surface area contributed by atoms with Crippen molar-refractivity contribution >= 4 is 63.9 Å². The number of benzene rings is 2. The van der Waals surface area contributed by atoms with Gasteiger partial charge in [-0.1, -0.05) is 18.2 Å². The van der Waals surface area contributed by atoms with Crippen molar-refractivity contribution in [1.82, 2.24) is 14.7 Å². The molecule has 4 heterocycles. The normalized spacial score (nSPS) is 20.3. The van der Waals surface area contributed by atoms with Crippen molar-refractivity contribution in [3.63, 3.8) is 0 Å². The lowest BCUT2D eigenvalue weighted by molar-refractivity contribution is -0.132. The highest BCUT2D eigenvalue weighted by Gasteiger charge is 2.61. The summed E-state index contributed by atoms with van der Waals surface area (Å²) in [5.41, 5.74) is -1.70. The topological polar surface area (TPSA) is 109 Å². The second-order valence-corrected chi connectivity index (χ2v) is 16.2. The highest BCUT2D eigenvalue weighted by molar-refractivity contribution is 7.93. The number of anilines is 1. The number of hydrogen-bond acceptors (Lipinski definition) is 10. The molecular weight excluding hydrogens is 723 g/mol. The summed E-state index contributed by atoms with van der Waals surface area (Å²) in [7, 11) is -0.812. The van der Waals surface area contributed by atoms with Crippen LogP contribution in [0.5, 0.6) is 11.5 Å². The van der Waals surface area contributed by atoms with Crippen molar-refractivity contribution < 1.29 is 32.2 Å². The van der Waals surface area contributed by atoms with Gasteiger partial charge in [-0.05, 0) is 91.0 Å². The molecule has 15 heteroatoms. The molecule has 0 aliphatic carbocycles. The molecule has 1 atom stereocenters. The first kappa shape index (κ1) is 39.7. The summed E-state index contributed by atoms with van der Waals surface area (Å²) in [6.45, 7) is 11.5. The SMILES string of the molecule is COc1ccc2c(c1)C(OC(=O)N1CCN(C3CCN(C)CC3)CC1)(c1ccccc1OC(C)C)C(=O)N2S(=O)(=O)c1cc(C)sc1C.Cl.Cl. The number of likely N-dealkylation sites (tertiary alicyclic amines) is 1. The molecule has 274 valence electrons. The third-order valence-corrected chi connectivity index (χ3v) is 12.4. The van der Waals surface area contributed by atoms with E-state index in [1.807, 2.05) is 20.8 Å². The number of piperidine rings is 1. The average molecular weight is 770 g/mol. The number of nitrogens with zero attached hydrogens (tertiary/aromatic N) is 4. The van der Waals surface area contributed by atoms with E-state index in [9.17, 15) is 13.2 Å². The van der Waals surface area contributed by atoms with E-state index < -0.39 is 27.6 Å². The van der Waals surface area contributed by atoms with E-state index in [2.05, 4.69) is 16.8 Å². The monoisotopic (exact) mass is 768 g/mol. The van der Waals surface area contributed by atoms with E-state index in [-0.39, 0.29) is 52.6 Å². The number of ether oxygens (including phenoxy) is 3. The molecule has 1 aromatic heterocycles. The molecule has 3 aliphatic heterocycles.